The first kappa shape index (κ1) is 23.3. The van der Waals surface area contributed by atoms with Gasteiger partial charge in [0.05, 0.1) is 12.3 Å². The highest BCUT2D eigenvalue weighted by molar-refractivity contribution is 5.77. The third-order valence-corrected chi connectivity index (χ3v) is 6.73. The van der Waals surface area contributed by atoms with Gasteiger partial charge in [-0.15, -0.1) is 0 Å². The Labute approximate surface area is 185 Å². The molecule has 172 valence electrons. The van der Waals surface area contributed by atoms with Gasteiger partial charge in [0.15, 0.2) is 0 Å². The lowest BCUT2D eigenvalue weighted by Gasteiger charge is -2.29. The molecule has 8 nitrogen and oxygen atoms in total. The van der Waals surface area contributed by atoms with Crippen LogP contribution in [0, 0.1) is 17.8 Å². The summed E-state index contributed by atoms with van der Waals surface area (Å²) in [5.74, 6) is 14.5. The van der Waals surface area contributed by atoms with Gasteiger partial charge in [-0.05, 0) is 107 Å². The zero-order valence-corrected chi connectivity index (χ0v) is 18.6. The van der Waals surface area contributed by atoms with E-state index in [2.05, 4.69) is 21.8 Å². The molecule has 4 rings (SSSR count). The van der Waals surface area contributed by atoms with Gasteiger partial charge in [-0.2, -0.15) is 5.10 Å². The van der Waals surface area contributed by atoms with Gasteiger partial charge in [-0.25, -0.2) is 5.84 Å². The quantitative estimate of drug-likeness (QED) is 0.204. The predicted octanol–water partition coefficient (Wildman–Crippen LogP) is 2.73. The van der Waals surface area contributed by atoms with Gasteiger partial charge in [0.2, 0.25) is 0 Å². The average molecular weight is 432 g/mol. The van der Waals surface area contributed by atoms with Crippen LogP contribution in [0.5, 0.6) is 5.75 Å². The first-order valence-corrected chi connectivity index (χ1v) is 11.4. The Balaban J connectivity index is 0.000000330. The molecule has 0 aromatic heterocycles. The van der Waals surface area contributed by atoms with Gasteiger partial charge >= 0.3 is 0 Å². The van der Waals surface area contributed by atoms with Crippen LogP contribution in [0.3, 0.4) is 0 Å². The van der Waals surface area contributed by atoms with Crippen LogP contribution in [0.1, 0.15) is 44.9 Å². The normalized spacial score (nSPS) is 24.1. The van der Waals surface area contributed by atoms with E-state index < -0.39 is 0 Å². The highest BCUT2D eigenvalue weighted by Crippen LogP contribution is 2.49. The van der Waals surface area contributed by atoms with Gasteiger partial charge in [0.25, 0.3) is 6.47 Å². The second-order valence-corrected chi connectivity index (χ2v) is 8.89. The van der Waals surface area contributed by atoms with Crippen molar-refractivity contribution >= 4 is 18.5 Å². The maximum atomic E-state index is 9.59. The third kappa shape index (κ3) is 7.40. The lowest BCUT2D eigenvalue weighted by molar-refractivity contribution is -0.137. The predicted molar refractivity (Wildman–Crippen MR) is 123 cm³/mol. The fraction of sp³-hybridized carbons (Fsp3) is 0.652. The number of rotatable bonds is 9. The van der Waals surface area contributed by atoms with Crippen LogP contribution in [0.2, 0.25) is 0 Å². The second kappa shape index (κ2) is 11.9. The summed E-state index contributed by atoms with van der Waals surface area (Å²) in [4.78, 5) is 12.0. The standard InChI is InChI=1S/C18H29N5O.C5H8O2/c1-22-9-6-14(7-10-22)18-12-15(18)8-11-24-17-4-2-16(3-5-17)23(20)13-21-19;6-4-7-5-2-1-3-5/h2-5,13-15,18H,6-12,19-20H2,1H3;4-5H,1-3H2/b21-13-;. The summed E-state index contributed by atoms with van der Waals surface area (Å²) in [7, 11) is 2.23. The molecule has 1 aromatic rings. The van der Waals surface area contributed by atoms with Crippen molar-refractivity contribution in [1.82, 2.24) is 4.90 Å². The summed E-state index contributed by atoms with van der Waals surface area (Å²) < 4.78 is 10.5. The molecule has 3 fully saturated rings. The summed E-state index contributed by atoms with van der Waals surface area (Å²) in [5.41, 5.74) is 0.820. The second-order valence-electron chi connectivity index (χ2n) is 8.89. The summed E-state index contributed by atoms with van der Waals surface area (Å²) in [6, 6.07) is 7.66. The van der Waals surface area contributed by atoms with Gasteiger partial charge in [0, 0.05) is 0 Å². The molecule has 2 saturated carbocycles. The SMILES string of the molecule is CN1CCC(C2CC2CCOc2ccc(N(N)/C=N\N)cc2)CC1.O=COC1CCC1. The molecule has 0 bridgehead atoms. The zero-order chi connectivity index (χ0) is 22.1. The van der Waals surface area contributed by atoms with Crippen molar-refractivity contribution in [1.29, 1.82) is 0 Å². The van der Waals surface area contributed by atoms with E-state index >= 15 is 0 Å². The van der Waals surface area contributed by atoms with Crippen LogP contribution in [0.4, 0.5) is 5.69 Å². The number of hydrogen-bond donors (Lipinski definition) is 2. The molecule has 0 spiro atoms. The number of ether oxygens (including phenoxy) is 2. The highest BCUT2D eigenvalue weighted by Gasteiger charge is 2.42. The van der Waals surface area contributed by atoms with Gasteiger partial charge < -0.3 is 20.2 Å². The van der Waals surface area contributed by atoms with Gasteiger partial charge in [-0.1, -0.05) is 0 Å². The number of nitrogens with two attached hydrogens (primary N) is 2. The third-order valence-electron chi connectivity index (χ3n) is 6.73. The molecule has 0 amide bonds. The van der Waals surface area contributed by atoms with E-state index in [1.165, 1.54) is 56.5 Å². The first-order chi connectivity index (χ1) is 15.1. The molecular weight excluding hydrogens is 394 g/mol. The van der Waals surface area contributed by atoms with Gasteiger partial charge in [0.1, 0.15) is 18.2 Å². The fourth-order valence-electron chi connectivity index (χ4n) is 4.40. The minimum absolute atomic E-state index is 0.262. The number of benzene rings is 1. The molecule has 31 heavy (non-hydrogen) atoms. The molecule has 2 atom stereocenters. The number of piperidine rings is 1. The van der Waals surface area contributed by atoms with E-state index in [0.717, 1.165) is 48.6 Å². The molecule has 1 heterocycles. The highest BCUT2D eigenvalue weighted by atomic mass is 16.5. The lowest BCUT2D eigenvalue weighted by Crippen LogP contribution is -2.31. The molecule has 2 aliphatic carbocycles. The van der Waals surface area contributed by atoms with Crippen LogP contribution in [-0.4, -0.2) is 50.6 Å². The number of hydrazine groups is 1. The number of hydrazone groups is 1. The van der Waals surface area contributed by atoms with Crippen LogP contribution in [0.25, 0.3) is 0 Å². The molecular formula is C23H37N5O3. The number of hydrogen-bond acceptors (Lipinski definition) is 7. The number of carbonyl (C=O) groups excluding carboxylic acids is 1. The molecule has 2 unspecified atom stereocenters. The number of nitrogens with zero attached hydrogens (tertiary/aromatic N) is 3. The molecule has 1 saturated heterocycles. The Morgan fingerprint density at radius 1 is 1.19 bits per heavy atom. The van der Waals surface area contributed by atoms with E-state index in [0.29, 0.717) is 6.47 Å². The topological polar surface area (TPSA) is 106 Å². The molecule has 4 N–H and O–H groups in total. The van der Waals surface area contributed by atoms with E-state index in [9.17, 15) is 4.79 Å². The molecule has 3 aliphatic rings. The van der Waals surface area contributed by atoms with Crippen molar-refractivity contribution in [2.24, 2.45) is 34.5 Å². The van der Waals surface area contributed by atoms with Gasteiger partial charge in [-0.3, -0.25) is 9.80 Å². The Hall–Kier alpha value is -2.32. The van der Waals surface area contributed by atoms with Crippen molar-refractivity contribution in [2.45, 2.75) is 51.0 Å². The zero-order valence-electron chi connectivity index (χ0n) is 18.6. The largest absolute Gasteiger partial charge is 0.494 e. The van der Waals surface area contributed by atoms with Crippen LogP contribution >= 0.6 is 0 Å². The monoisotopic (exact) mass is 431 g/mol. The van der Waals surface area contributed by atoms with E-state index in [-0.39, 0.29) is 6.10 Å². The Morgan fingerprint density at radius 3 is 2.45 bits per heavy atom. The summed E-state index contributed by atoms with van der Waals surface area (Å²) in [5, 5.41) is 4.78. The molecule has 0 radical (unpaired) electrons. The van der Waals surface area contributed by atoms with Crippen LogP contribution < -0.4 is 21.4 Å². The summed E-state index contributed by atoms with van der Waals surface area (Å²) in [6.07, 6.45) is 10.3. The Kier molecular flexibility index (Phi) is 8.97. The summed E-state index contributed by atoms with van der Waals surface area (Å²) in [6.45, 7) is 3.86. The maximum absolute atomic E-state index is 9.59. The molecule has 1 aliphatic heterocycles. The molecule has 8 heteroatoms. The average Bonchev–Trinajstić information content (AvgIpc) is 3.52. The Bertz CT molecular complexity index is 687. The molecule has 1 aromatic carbocycles. The van der Waals surface area contributed by atoms with E-state index in [1.807, 2.05) is 24.3 Å². The summed E-state index contributed by atoms with van der Waals surface area (Å²) >= 11 is 0. The minimum atomic E-state index is 0.262. The first-order valence-electron chi connectivity index (χ1n) is 11.4. The minimum Gasteiger partial charge on any atom is -0.494 e. The van der Waals surface area contributed by atoms with Crippen molar-refractivity contribution in [3.8, 4) is 5.75 Å². The van der Waals surface area contributed by atoms with Crippen molar-refractivity contribution in [2.75, 3.05) is 31.8 Å². The fourth-order valence-corrected chi connectivity index (χ4v) is 4.40. The number of likely N-dealkylation sites (tertiary alicyclic amines) is 1. The lowest BCUT2D eigenvalue weighted by atomic mass is 9.91. The van der Waals surface area contributed by atoms with Crippen molar-refractivity contribution in [3.05, 3.63) is 24.3 Å². The smallest absolute Gasteiger partial charge is 0.293 e. The van der Waals surface area contributed by atoms with Crippen LogP contribution in [0.15, 0.2) is 29.4 Å². The van der Waals surface area contributed by atoms with Crippen LogP contribution in [-0.2, 0) is 9.53 Å². The Morgan fingerprint density at radius 2 is 1.90 bits per heavy atom. The number of anilines is 1. The maximum Gasteiger partial charge on any atom is 0.293 e. The number of carbonyl (C=O) groups is 1. The van der Waals surface area contributed by atoms with E-state index in [1.54, 1.807) is 0 Å². The van der Waals surface area contributed by atoms with E-state index in [4.69, 9.17) is 16.4 Å². The van der Waals surface area contributed by atoms with Crippen molar-refractivity contribution < 1.29 is 14.3 Å². The van der Waals surface area contributed by atoms with Crippen molar-refractivity contribution in [3.63, 3.8) is 0 Å².